The molecule has 1 aliphatic carbocycles. The normalized spacial score (nSPS) is 20.2. The van der Waals surface area contributed by atoms with Gasteiger partial charge in [0.2, 0.25) is 0 Å². The van der Waals surface area contributed by atoms with Crippen molar-refractivity contribution in [3.8, 4) is 0 Å². The molecule has 0 aromatic rings. The smallest absolute Gasteiger partial charge is 0.0906 e. The van der Waals surface area contributed by atoms with Gasteiger partial charge in [0.05, 0.1) is 6.67 Å². The molecule has 0 saturated heterocycles. The number of alkyl halides is 1. The number of halogens is 1. The van der Waals surface area contributed by atoms with Crippen LogP contribution in [0.15, 0.2) is 0 Å². The summed E-state index contributed by atoms with van der Waals surface area (Å²) in [6, 6.07) is 0. The lowest BCUT2D eigenvalue weighted by Crippen LogP contribution is -2.55. The Morgan fingerprint density at radius 1 is 1.19 bits per heavy atom. The van der Waals surface area contributed by atoms with E-state index >= 15 is 0 Å². The van der Waals surface area contributed by atoms with E-state index < -0.39 is 0 Å². The molecule has 2 N–H and O–H groups in total. The van der Waals surface area contributed by atoms with Crippen LogP contribution >= 0.6 is 0 Å². The third kappa shape index (κ3) is 3.42. The summed E-state index contributed by atoms with van der Waals surface area (Å²) in [4.78, 5) is 2.46. The van der Waals surface area contributed by atoms with Crippen molar-refractivity contribution in [1.29, 1.82) is 0 Å². The second kappa shape index (κ2) is 7.23. The van der Waals surface area contributed by atoms with Crippen LogP contribution < -0.4 is 5.73 Å². The summed E-state index contributed by atoms with van der Waals surface area (Å²) in [5, 5.41) is 0. The molecule has 16 heavy (non-hydrogen) atoms. The fraction of sp³-hybridized carbons (Fsp3) is 1.00. The van der Waals surface area contributed by atoms with Crippen molar-refractivity contribution in [2.75, 3.05) is 26.3 Å². The van der Waals surface area contributed by atoms with E-state index in [1.165, 1.54) is 32.1 Å². The largest absolute Gasteiger partial charge is 0.329 e. The molecule has 0 radical (unpaired) electrons. The zero-order chi connectivity index (χ0) is 11.9. The molecule has 3 heteroatoms. The van der Waals surface area contributed by atoms with Crippen molar-refractivity contribution in [1.82, 2.24) is 4.90 Å². The van der Waals surface area contributed by atoms with Crippen molar-refractivity contribution < 1.29 is 4.39 Å². The Morgan fingerprint density at radius 3 is 2.38 bits per heavy atom. The first-order valence-electron chi connectivity index (χ1n) is 6.80. The molecule has 0 aliphatic heterocycles. The quantitative estimate of drug-likeness (QED) is 0.728. The van der Waals surface area contributed by atoms with E-state index in [0.717, 1.165) is 26.1 Å². The van der Waals surface area contributed by atoms with E-state index in [0.29, 0.717) is 6.42 Å². The topological polar surface area (TPSA) is 29.3 Å². The van der Waals surface area contributed by atoms with Crippen LogP contribution in [0.2, 0.25) is 0 Å². The first-order chi connectivity index (χ1) is 7.79. The van der Waals surface area contributed by atoms with Gasteiger partial charge in [-0.25, -0.2) is 0 Å². The van der Waals surface area contributed by atoms with Crippen molar-refractivity contribution >= 4 is 0 Å². The van der Waals surface area contributed by atoms with Gasteiger partial charge in [0.25, 0.3) is 0 Å². The minimum atomic E-state index is -0.207. The van der Waals surface area contributed by atoms with Gasteiger partial charge in [-0.15, -0.1) is 0 Å². The second-order valence-electron chi connectivity index (χ2n) is 5.02. The van der Waals surface area contributed by atoms with E-state index in [1.807, 2.05) is 0 Å². The Hall–Kier alpha value is -0.150. The fourth-order valence-corrected chi connectivity index (χ4v) is 2.97. The SMILES string of the molecule is CCCN(CCCF)C1(CN)CCCCC1. The molecular weight excluding hydrogens is 203 g/mol. The van der Waals surface area contributed by atoms with Crippen molar-refractivity contribution in [2.24, 2.45) is 5.73 Å². The van der Waals surface area contributed by atoms with Gasteiger partial charge >= 0.3 is 0 Å². The van der Waals surface area contributed by atoms with Crippen molar-refractivity contribution in [3.05, 3.63) is 0 Å². The molecule has 0 amide bonds. The number of nitrogens with two attached hydrogens (primary N) is 1. The molecule has 0 atom stereocenters. The Bertz CT molecular complexity index is 179. The third-order valence-electron chi connectivity index (χ3n) is 3.89. The van der Waals surface area contributed by atoms with E-state index in [2.05, 4.69) is 11.8 Å². The maximum atomic E-state index is 12.3. The molecule has 0 spiro atoms. The maximum absolute atomic E-state index is 12.3. The zero-order valence-electron chi connectivity index (χ0n) is 10.7. The molecule has 0 unspecified atom stereocenters. The Labute approximate surface area is 99.4 Å². The highest BCUT2D eigenvalue weighted by Crippen LogP contribution is 2.33. The number of hydrogen-bond acceptors (Lipinski definition) is 2. The summed E-state index contributed by atoms with van der Waals surface area (Å²) in [5.41, 5.74) is 6.19. The van der Waals surface area contributed by atoms with Crippen LogP contribution in [0, 0.1) is 0 Å². The molecule has 2 nitrogen and oxygen atoms in total. The molecule has 0 aromatic heterocycles. The molecule has 1 aliphatic rings. The van der Waals surface area contributed by atoms with Gasteiger partial charge in [0, 0.05) is 18.6 Å². The van der Waals surface area contributed by atoms with Gasteiger partial charge in [-0.1, -0.05) is 26.2 Å². The number of rotatable bonds is 7. The monoisotopic (exact) mass is 230 g/mol. The second-order valence-corrected chi connectivity index (χ2v) is 5.02. The van der Waals surface area contributed by atoms with E-state index in [9.17, 15) is 4.39 Å². The summed E-state index contributed by atoms with van der Waals surface area (Å²) in [6.07, 6.45) is 8.10. The van der Waals surface area contributed by atoms with Crippen LogP contribution in [0.3, 0.4) is 0 Å². The molecule has 1 fully saturated rings. The van der Waals surface area contributed by atoms with Crippen LogP contribution in [0.25, 0.3) is 0 Å². The zero-order valence-corrected chi connectivity index (χ0v) is 10.7. The average Bonchev–Trinajstić information content (AvgIpc) is 2.35. The maximum Gasteiger partial charge on any atom is 0.0906 e. The molecule has 1 rings (SSSR count). The summed E-state index contributed by atoms with van der Waals surface area (Å²) in [5.74, 6) is 0. The molecule has 0 heterocycles. The fourth-order valence-electron chi connectivity index (χ4n) is 2.97. The third-order valence-corrected chi connectivity index (χ3v) is 3.89. The van der Waals surface area contributed by atoms with Crippen LogP contribution in [0.1, 0.15) is 51.9 Å². The highest BCUT2D eigenvalue weighted by molar-refractivity contribution is 4.94. The molecule has 0 aromatic carbocycles. The first-order valence-corrected chi connectivity index (χ1v) is 6.80. The van der Waals surface area contributed by atoms with Crippen LogP contribution in [-0.4, -0.2) is 36.7 Å². The standard InChI is InChI=1S/C13H27FN2/c1-2-10-16(11-6-9-14)13(12-15)7-4-3-5-8-13/h2-12,15H2,1H3. The van der Waals surface area contributed by atoms with Crippen LogP contribution in [0.5, 0.6) is 0 Å². The highest BCUT2D eigenvalue weighted by Gasteiger charge is 2.35. The van der Waals surface area contributed by atoms with Crippen LogP contribution in [0.4, 0.5) is 4.39 Å². The Kier molecular flexibility index (Phi) is 6.29. The van der Waals surface area contributed by atoms with Gasteiger partial charge in [0.15, 0.2) is 0 Å². The van der Waals surface area contributed by atoms with Gasteiger partial charge in [-0.2, -0.15) is 0 Å². The summed E-state index contributed by atoms with van der Waals surface area (Å²) in [7, 11) is 0. The predicted molar refractivity (Wildman–Crippen MR) is 67.3 cm³/mol. The summed E-state index contributed by atoms with van der Waals surface area (Å²) < 4.78 is 12.3. The molecule has 96 valence electrons. The lowest BCUT2D eigenvalue weighted by atomic mass is 9.80. The lowest BCUT2D eigenvalue weighted by molar-refractivity contribution is 0.0540. The van der Waals surface area contributed by atoms with Crippen molar-refractivity contribution in [3.63, 3.8) is 0 Å². The van der Waals surface area contributed by atoms with Gasteiger partial charge in [-0.05, 0) is 32.2 Å². The minimum Gasteiger partial charge on any atom is -0.329 e. The lowest BCUT2D eigenvalue weighted by Gasteiger charge is -2.46. The average molecular weight is 230 g/mol. The highest BCUT2D eigenvalue weighted by atomic mass is 19.1. The minimum absolute atomic E-state index is 0.184. The van der Waals surface area contributed by atoms with E-state index in [-0.39, 0.29) is 12.2 Å². The van der Waals surface area contributed by atoms with Gasteiger partial charge < -0.3 is 5.73 Å². The predicted octanol–water partition coefficient (Wildman–Crippen LogP) is 2.72. The number of hydrogen-bond donors (Lipinski definition) is 1. The summed E-state index contributed by atoms with van der Waals surface area (Å²) >= 11 is 0. The van der Waals surface area contributed by atoms with Gasteiger partial charge in [-0.3, -0.25) is 9.29 Å². The summed E-state index contributed by atoms with van der Waals surface area (Å²) in [6.45, 7) is 4.66. The molecule has 1 saturated carbocycles. The Balaban J connectivity index is 2.62. The van der Waals surface area contributed by atoms with Gasteiger partial charge in [0.1, 0.15) is 0 Å². The number of nitrogens with zero attached hydrogens (tertiary/aromatic N) is 1. The van der Waals surface area contributed by atoms with E-state index in [4.69, 9.17) is 5.73 Å². The molecular formula is C13H27FN2. The first kappa shape index (κ1) is 13.9. The van der Waals surface area contributed by atoms with E-state index in [1.54, 1.807) is 0 Å². The van der Waals surface area contributed by atoms with Crippen LogP contribution in [-0.2, 0) is 0 Å². The van der Waals surface area contributed by atoms with Crippen molar-refractivity contribution in [2.45, 2.75) is 57.4 Å². The molecule has 0 bridgehead atoms. The Morgan fingerprint density at radius 2 is 1.88 bits per heavy atom.